The van der Waals surface area contributed by atoms with Gasteiger partial charge in [-0.1, -0.05) is 18.6 Å². The van der Waals surface area contributed by atoms with Gasteiger partial charge < -0.3 is 5.32 Å². The number of aromatic amines is 1. The van der Waals surface area contributed by atoms with E-state index in [1.165, 1.54) is 6.20 Å². The first-order chi connectivity index (χ1) is 9.20. The summed E-state index contributed by atoms with van der Waals surface area (Å²) < 4.78 is 0.756. The molecular weight excluding hydrogens is 312 g/mol. The highest BCUT2D eigenvalue weighted by atomic mass is 79.9. The van der Waals surface area contributed by atoms with Crippen LogP contribution in [0.3, 0.4) is 0 Å². The van der Waals surface area contributed by atoms with Crippen LogP contribution in [0, 0.1) is 0 Å². The van der Waals surface area contributed by atoms with Crippen LogP contribution in [0.15, 0.2) is 22.9 Å². The Morgan fingerprint density at radius 1 is 1.53 bits per heavy atom. The van der Waals surface area contributed by atoms with Gasteiger partial charge in [-0.2, -0.15) is 5.21 Å². The number of halogens is 1. The van der Waals surface area contributed by atoms with Crippen molar-refractivity contribution >= 4 is 21.8 Å². The van der Waals surface area contributed by atoms with Gasteiger partial charge in [-0.15, -0.1) is 10.2 Å². The Morgan fingerprint density at radius 2 is 2.37 bits per heavy atom. The van der Waals surface area contributed by atoms with Crippen LogP contribution < -0.4 is 5.32 Å². The maximum atomic E-state index is 12.1. The van der Waals surface area contributed by atoms with Gasteiger partial charge in [0.05, 0.1) is 11.6 Å². The largest absolute Gasteiger partial charge is 0.342 e. The van der Waals surface area contributed by atoms with E-state index >= 15 is 0 Å². The normalized spacial score (nSPS) is 12.1. The number of rotatable bonds is 5. The zero-order valence-corrected chi connectivity index (χ0v) is 11.9. The van der Waals surface area contributed by atoms with E-state index in [-0.39, 0.29) is 11.9 Å². The number of hydrogen-bond acceptors (Lipinski definition) is 5. The van der Waals surface area contributed by atoms with Crippen LogP contribution in [-0.2, 0) is 0 Å². The summed E-state index contributed by atoms with van der Waals surface area (Å²) in [4.78, 5) is 16.1. The van der Waals surface area contributed by atoms with Crippen LogP contribution in [-0.4, -0.2) is 31.5 Å². The second-order valence-electron chi connectivity index (χ2n) is 3.98. The molecule has 7 nitrogen and oxygen atoms in total. The van der Waals surface area contributed by atoms with Crippen LogP contribution in [0.5, 0.6) is 0 Å². The molecule has 0 saturated heterocycles. The van der Waals surface area contributed by atoms with E-state index in [0.29, 0.717) is 11.4 Å². The predicted octanol–water partition coefficient (Wildman–Crippen LogP) is 1.63. The fraction of sp³-hybridized carbons (Fsp3) is 0.364. The van der Waals surface area contributed by atoms with Crippen LogP contribution in [0.25, 0.3) is 0 Å². The fourth-order valence-electron chi connectivity index (χ4n) is 1.65. The number of tetrazole rings is 1. The van der Waals surface area contributed by atoms with Crippen molar-refractivity contribution in [2.75, 3.05) is 0 Å². The predicted molar refractivity (Wildman–Crippen MR) is 71.2 cm³/mol. The molecule has 0 aliphatic rings. The molecule has 0 aliphatic heterocycles. The molecule has 8 heteroatoms. The molecule has 0 aromatic carbocycles. The molecular formula is C11H13BrN6O. The summed E-state index contributed by atoms with van der Waals surface area (Å²) in [6.07, 6.45) is 4.78. The number of carbonyl (C=O) groups is 1. The van der Waals surface area contributed by atoms with Gasteiger partial charge in [-0.3, -0.25) is 9.78 Å². The molecule has 2 heterocycles. The van der Waals surface area contributed by atoms with E-state index in [9.17, 15) is 4.79 Å². The average Bonchev–Trinajstić information content (AvgIpc) is 2.92. The molecule has 0 aliphatic carbocycles. The van der Waals surface area contributed by atoms with Crippen LogP contribution in [0.1, 0.15) is 42.0 Å². The van der Waals surface area contributed by atoms with Gasteiger partial charge >= 0.3 is 0 Å². The maximum absolute atomic E-state index is 12.1. The number of aromatic nitrogens is 5. The van der Waals surface area contributed by atoms with Gasteiger partial charge in [-0.25, -0.2) is 0 Å². The first kappa shape index (κ1) is 13.6. The molecule has 100 valence electrons. The molecule has 0 spiro atoms. The summed E-state index contributed by atoms with van der Waals surface area (Å²) in [7, 11) is 0. The molecule has 0 radical (unpaired) electrons. The molecule has 2 N–H and O–H groups in total. The highest BCUT2D eigenvalue weighted by molar-refractivity contribution is 9.10. The molecule has 1 atom stereocenters. The van der Waals surface area contributed by atoms with Crippen LogP contribution in [0.2, 0.25) is 0 Å². The van der Waals surface area contributed by atoms with E-state index in [1.54, 1.807) is 12.3 Å². The summed E-state index contributed by atoms with van der Waals surface area (Å²) in [6, 6.07) is 1.46. The van der Waals surface area contributed by atoms with E-state index in [4.69, 9.17) is 0 Å². The van der Waals surface area contributed by atoms with E-state index in [0.717, 1.165) is 17.3 Å². The van der Waals surface area contributed by atoms with Crippen molar-refractivity contribution in [1.29, 1.82) is 0 Å². The minimum atomic E-state index is -0.254. The van der Waals surface area contributed by atoms with Crippen molar-refractivity contribution in [2.45, 2.75) is 25.8 Å². The molecule has 2 rings (SSSR count). The Bertz CT molecular complexity index is 544. The van der Waals surface area contributed by atoms with E-state index in [1.807, 2.05) is 6.92 Å². The summed E-state index contributed by atoms with van der Waals surface area (Å²) in [5.74, 6) is 0.273. The molecule has 19 heavy (non-hydrogen) atoms. The molecule has 2 aromatic rings. The number of pyridine rings is 1. The SMILES string of the molecule is CCC[C@@H](NC(=O)c1cncc(Br)c1)c1nn[nH]n1. The van der Waals surface area contributed by atoms with E-state index < -0.39 is 0 Å². The van der Waals surface area contributed by atoms with Gasteiger partial charge in [0.1, 0.15) is 0 Å². The second kappa shape index (κ2) is 6.37. The second-order valence-corrected chi connectivity index (χ2v) is 4.89. The number of H-pyrrole nitrogens is 1. The summed E-state index contributed by atoms with van der Waals surface area (Å²) in [5, 5.41) is 16.6. The Morgan fingerprint density at radius 3 is 3.00 bits per heavy atom. The third kappa shape index (κ3) is 3.57. The lowest BCUT2D eigenvalue weighted by Gasteiger charge is -2.14. The van der Waals surface area contributed by atoms with Crippen LogP contribution in [0.4, 0.5) is 0 Å². The lowest BCUT2D eigenvalue weighted by atomic mass is 10.1. The minimum absolute atomic E-state index is 0.211. The lowest BCUT2D eigenvalue weighted by molar-refractivity contribution is 0.0932. The van der Waals surface area contributed by atoms with Gasteiger partial charge in [-0.05, 0) is 28.4 Å². The van der Waals surface area contributed by atoms with Crippen LogP contribution >= 0.6 is 15.9 Å². The van der Waals surface area contributed by atoms with Crippen molar-refractivity contribution < 1.29 is 4.79 Å². The quantitative estimate of drug-likeness (QED) is 0.871. The smallest absolute Gasteiger partial charge is 0.253 e. The lowest BCUT2D eigenvalue weighted by Crippen LogP contribution is -2.29. The molecule has 0 saturated carbocycles. The molecule has 0 unspecified atom stereocenters. The molecule has 2 aromatic heterocycles. The average molecular weight is 325 g/mol. The van der Waals surface area contributed by atoms with Gasteiger partial charge in [0.2, 0.25) is 0 Å². The number of amides is 1. The van der Waals surface area contributed by atoms with Crippen molar-refractivity contribution in [2.24, 2.45) is 0 Å². The summed E-state index contributed by atoms with van der Waals surface area (Å²) in [5.41, 5.74) is 0.485. The maximum Gasteiger partial charge on any atom is 0.253 e. The van der Waals surface area contributed by atoms with Crippen molar-refractivity contribution in [3.63, 3.8) is 0 Å². The number of hydrogen-bond donors (Lipinski definition) is 2. The fourth-order valence-corrected chi connectivity index (χ4v) is 2.01. The third-order valence-corrected chi connectivity index (χ3v) is 2.96. The number of carbonyl (C=O) groups excluding carboxylic acids is 1. The standard InChI is InChI=1S/C11H13BrN6O/c1-2-3-9(10-15-17-18-16-10)14-11(19)7-4-8(12)6-13-5-7/h4-6,9H,2-3H2,1H3,(H,14,19)(H,15,16,17,18)/t9-/m1/s1. The topological polar surface area (TPSA) is 96.5 Å². The zero-order chi connectivity index (χ0) is 13.7. The summed E-state index contributed by atoms with van der Waals surface area (Å²) >= 11 is 3.28. The zero-order valence-electron chi connectivity index (χ0n) is 10.3. The van der Waals surface area contributed by atoms with Crippen molar-refractivity contribution in [3.8, 4) is 0 Å². The Kier molecular flexibility index (Phi) is 4.56. The number of nitrogens with zero attached hydrogens (tertiary/aromatic N) is 4. The van der Waals surface area contributed by atoms with Gasteiger partial charge in [0.25, 0.3) is 5.91 Å². The van der Waals surface area contributed by atoms with Gasteiger partial charge in [0, 0.05) is 16.9 Å². The van der Waals surface area contributed by atoms with E-state index in [2.05, 4.69) is 46.9 Å². The van der Waals surface area contributed by atoms with Gasteiger partial charge in [0.15, 0.2) is 5.82 Å². The Balaban J connectivity index is 2.11. The van der Waals surface area contributed by atoms with Crippen molar-refractivity contribution in [3.05, 3.63) is 34.3 Å². The molecule has 0 fully saturated rings. The Hall–Kier alpha value is -1.83. The first-order valence-electron chi connectivity index (χ1n) is 5.85. The third-order valence-electron chi connectivity index (χ3n) is 2.52. The highest BCUT2D eigenvalue weighted by Crippen LogP contribution is 2.15. The summed E-state index contributed by atoms with van der Waals surface area (Å²) in [6.45, 7) is 2.03. The monoisotopic (exact) mass is 324 g/mol. The highest BCUT2D eigenvalue weighted by Gasteiger charge is 2.18. The first-order valence-corrected chi connectivity index (χ1v) is 6.64. The molecule has 1 amide bonds. The Labute approximate surface area is 118 Å². The van der Waals surface area contributed by atoms with Crippen molar-refractivity contribution in [1.82, 2.24) is 30.9 Å². The minimum Gasteiger partial charge on any atom is -0.342 e. The molecule has 0 bridgehead atoms. The number of nitrogens with one attached hydrogen (secondary N) is 2.